The van der Waals surface area contributed by atoms with Gasteiger partial charge in [-0.15, -0.1) is 6.42 Å². The summed E-state index contributed by atoms with van der Waals surface area (Å²) >= 11 is 0. The summed E-state index contributed by atoms with van der Waals surface area (Å²) in [6.07, 6.45) is 16.0. The van der Waals surface area contributed by atoms with E-state index in [0.717, 1.165) is 13.0 Å². The first-order valence-corrected chi connectivity index (χ1v) is 7.89. The molecule has 0 spiro atoms. The highest BCUT2D eigenvalue weighted by Crippen LogP contribution is 2.22. The van der Waals surface area contributed by atoms with E-state index in [0.29, 0.717) is 5.41 Å². The summed E-state index contributed by atoms with van der Waals surface area (Å²) in [4.78, 5) is 0. The number of unbranched alkanes of at least 4 members (excludes halogenated alkanes) is 6. The second-order valence-electron chi connectivity index (χ2n) is 7.29. The molecule has 0 aromatic carbocycles. The molecule has 0 aliphatic carbocycles. The lowest BCUT2D eigenvalue weighted by molar-refractivity contribution is 0.0248. The standard InChI is InChI=1S/C18H34O/c1-7-18(5,6)19-16-14-12-10-8-9-11-13-15-17(2,3)4/h1H,8-16H2,2-6H3. The maximum Gasteiger partial charge on any atom is 0.122 e. The van der Waals surface area contributed by atoms with Crippen LogP contribution in [-0.2, 0) is 4.74 Å². The Hall–Kier alpha value is -0.480. The molecule has 0 amide bonds. The molecule has 0 aliphatic heterocycles. The van der Waals surface area contributed by atoms with Crippen molar-refractivity contribution in [1.82, 2.24) is 0 Å². The van der Waals surface area contributed by atoms with Gasteiger partial charge < -0.3 is 4.74 Å². The molecule has 1 nitrogen and oxygen atoms in total. The van der Waals surface area contributed by atoms with Crippen LogP contribution in [0.4, 0.5) is 0 Å². The van der Waals surface area contributed by atoms with Gasteiger partial charge in [-0.3, -0.25) is 0 Å². The van der Waals surface area contributed by atoms with Crippen molar-refractivity contribution in [3.05, 3.63) is 0 Å². The van der Waals surface area contributed by atoms with E-state index >= 15 is 0 Å². The van der Waals surface area contributed by atoms with Crippen LogP contribution < -0.4 is 0 Å². The van der Waals surface area contributed by atoms with E-state index in [4.69, 9.17) is 11.2 Å². The van der Waals surface area contributed by atoms with Gasteiger partial charge in [-0.25, -0.2) is 0 Å². The highest BCUT2D eigenvalue weighted by Gasteiger charge is 2.12. The van der Waals surface area contributed by atoms with Crippen molar-refractivity contribution in [3.63, 3.8) is 0 Å². The predicted octanol–water partition coefficient (Wildman–Crippen LogP) is 5.58. The van der Waals surface area contributed by atoms with Gasteiger partial charge in [0.2, 0.25) is 0 Å². The number of hydrogen-bond acceptors (Lipinski definition) is 1. The summed E-state index contributed by atoms with van der Waals surface area (Å²) in [7, 11) is 0. The van der Waals surface area contributed by atoms with E-state index in [2.05, 4.69) is 26.7 Å². The van der Waals surface area contributed by atoms with Crippen molar-refractivity contribution in [2.24, 2.45) is 5.41 Å². The van der Waals surface area contributed by atoms with Gasteiger partial charge in [0.15, 0.2) is 0 Å². The summed E-state index contributed by atoms with van der Waals surface area (Å²) in [5.74, 6) is 2.66. The average molecular weight is 266 g/mol. The van der Waals surface area contributed by atoms with Gasteiger partial charge in [-0.05, 0) is 32.1 Å². The second-order valence-corrected chi connectivity index (χ2v) is 7.29. The Bertz CT molecular complexity index is 252. The van der Waals surface area contributed by atoms with Gasteiger partial charge in [0.05, 0.1) is 0 Å². The number of rotatable bonds is 10. The number of ether oxygens (including phenoxy) is 1. The third-order valence-electron chi connectivity index (χ3n) is 3.38. The minimum absolute atomic E-state index is 0.396. The highest BCUT2D eigenvalue weighted by molar-refractivity contribution is 5.02. The summed E-state index contributed by atoms with van der Waals surface area (Å²) in [6, 6.07) is 0. The molecule has 0 saturated heterocycles. The van der Waals surface area contributed by atoms with Crippen LogP contribution in [0.5, 0.6) is 0 Å². The fourth-order valence-electron chi connectivity index (χ4n) is 2.01. The molecule has 0 aromatic rings. The Morgan fingerprint density at radius 2 is 1.26 bits per heavy atom. The van der Waals surface area contributed by atoms with Crippen LogP contribution in [0.1, 0.15) is 86.0 Å². The van der Waals surface area contributed by atoms with Gasteiger partial charge in [0.1, 0.15) is 5.60 Å². The smallest absolute Gasteiger partial charge is 0.122 e. The van der Waals surface area contributed by atoms with Gasteiger partial charge in [-0.2, -0.15) is 0 Å². The summed E-state index contributed by atoms with van der Waals surface area (Å²) in [5.41, 5.74) is 0.105. The Balaban J connectivity index is 3.23. The van der Waals surface area contributed by atoms with Crippen LogP contribution in [0.15, 0.2) is 0 Å². The van der Waals surface area contributed by atoms with Crippen molar-refractivity contribution >= 4 is 0 Å². The van der Waals surface area contributed by atoms with Crippen molar-refractivity contribution in [2.45, 2.75) is 91.6 Å². The lowest BCUT2D eigenvalue weighted by Crippen LogP contribution is -2.22. The van der Waals surface area contributed by atoms with E-state index in [1.165, 1.54) is 44.9 Å². The highest BCUT2D eigenvalue weighted by atomic mass is 16.5. The van der Waals surface area contributed by atoms with Crippen LogP contribution in [0.25, 0.3) is 0 Å². The first kappa shape index (κ1) is 18.5. The number of hydrogen-bond donors (Lipinski definition) is 0. The lowest BCUT2D eigenvalue weighted by atomic mass is 9.89. The SMILES string of the molecule is C#CC(C)(C)OCCCCCCCCCC(C)(C)C. The van der Waals surface area contributed by atoms with Crippen LogP contribution in [-0.4, -0.2) is 12.2 Å². The van der Waals surface area contributed by atoms with Gasteiger partial charge in [0, 0.05) is 6.61 Å². The normalized spacial score (nSPS) is 12.4. The monoisotopic (exact) mass is 266 g/mol. The summed E-state index contributed by atoms with van der Waals surface area (Å²) in [5, 5.41) is 0. The minimum Gasteiger partial charge on any atom is -0.363 e. The lowest BCUT2D eigenvalue weighted by Gasteiger charge is -2.18. The molecule has 0 radical (unpaired) electrons. The molecular formula is C18H34O. The molecule has 0 bridgehead atoms. The molecule has 112 valence electrons. The molecule has 0 atom stereocenters. The summed E-state index contributed by atoms with van der Waals surface area (Å²) < 4.78 is 5.63. The largest absolute Gasteiger partial charge is 0.363 e. The molecule has 0 rings (SSSR count). The molecular weight excluding hydrogens is 232 g/mol. The van der Waals surface area contributed by atoms with Gasteiger partial charge >= 0.3 is 0 Å². The first-order valence-electron chi connectivity index (χ1n) is 7.89. The van der Waals surface area contributed by atoms with Gasteiger partial charge in [0.25, 0.3) is 0 Å². The second kappa shape index (κ2) is 9.43. The van der Waals surface area contributed by atoms with E-state index in [1.807, 2.05) is 13.8 Å². The first-order chi connectivity index (χ1) is 8.77. The van der Waals surface area contributed by atoms with Crippen molar-refractivity contribution < 1.29 is 4.74 Å². The molecule has 0 N–H and O–H groups in total. The van der Waals surface area contributed by atoms with Crippen LogP contribution >= 0.6 is 0 Å². The fourth-order valence-corrected chi connectivity index (χ4v) is 2.01. The Morgan fingerprint density at radius 3 is 1.74 bits per heavy atom. The Labute approximate surface area is 121 Å². The molecule has 0 saturated carbocycles. The van der Waals surface area contributed by atoms with E-state index in [-0.39, 0.29) is 0 Å². The topological polar surface area (TPSA) is 9.23 Å². The Morgan fingerprint density at radius 1 is 0.789 bits per heavy atom. The van der Waals surface area contributed by atoms with E-state index in [9.17, 15) is 0 Å². The van der Waals surface area contributed by atoms with Crippen molar-refractivity contribution in [2.75, 3.05) is 6.61 Å². The minimum atomic E-state index is -0.396. The maximum absolute atomic E-state index is 5.63. The molecule has 1 heteroatoms. The Kier molecular flexibility index (Phi) is 9.19. The van der Waals surface area contributed by atoms with Crippen LogP contribution in [0.3, 0.4) is 0 Å². The van der Waals surface area contributed by atoms with Gasteiger partial charge in [-0.1, -0.05) is 65.2 Å². The zero-order chi connectivity index (χ0) is 14.8. The number of terminal acetylenes is 1. The maximum atomic E-state index is 5.63. The molecule has 0 unspecified atom stereocenters. The third kappa shape index (κ3) is 13.7. The molecule has 0 heterocycles. The van der Waals surface area contributed by atoms with Crippen molar-refractivity contribution in [3.8, 4) is 12.3 Å². The van der Waals surface area contributed by atoms with Crippen molar-refractivity contribution in [1.29, 1.82) is 0 Å². The molecule has 0 aromatic heterocycles. The molecule has 0 aliphatic rings. The molecule has 19 heavy (non-hydrogen) atoms. The predicted molar refractivity (Wildman–Crippen MR) is 85.3 cm³/mol. The van der Waals surface area contributed by atoms with Crippen LogP contribution in [0, 0.1) is 17.8 Å². The van der Waals surface area contributed by atoms with E-state index < -0.39 is 5.60 Å². The third-order valence-corrected chi connectivity index (χ3v) is 3.38. The average Bonchev–Trinajstić information content (AvgIpc) is 2.30. The summed E-state index contributed by atoms with van der Waals surface area (Å²) in [6.45, 7) is 11.7. The van der Waals surface area contributed by atoms with Crippen LogP contribution in [0.2, 0.25) is 0 Å². The quantitative estimate of drug-likeness (QED) is 0.370. The zero-order valence-corrected chi connectivity index (χ0v) is 13.8. The van der Waals surface area contributed by atoms with E-state index in [1.54, 1.807) is 0 Å². The zero-order valence-electron chi connectivity index (χ0n) is 13.8. The fraction of sp³-hybridized carbons (Fsp3) is 0.889. The molecule has 0 fully saturated rings.